The average Bonchev–Trinajstić information content (AvgIpc) is 2.86. The zero-order valence-electron chi connectivity index (χ0n) is 13.0. The Morgan fingerprint density at radius 3 is 2.76 bits per heavy atom. The maximum Gasteiger partial charge on any atom is 0.127 e. The van der Waals surface area contributed by atoms with Crippen LogP contribution in [0.5, 0.6) is 5.75 Å². The number of imidazole rings is 1. The van der Waals surface area contributed by atoms with E-state index >= 15 is 0 Å². The highest BCUT2D eigenvalue weighted by atomic mass is 35.5. The fourth-order valence-electron chi connectivity index (χ4n) is 3.53. The number of rotatable bonds is 3. The molecule has 0 radical (unpaired) electrons. The number of ether oxygens (including phenoxy) is 1. The zero-order chi connectivity index (χ0) is 15.0. The van der Waals surface area contributed by atoms with Crippen LogP contribution in [0.25, 0.3) is 11.0 Å². The van der Waals surface area contributed by atoms with Crippen LogP contribution in [-0.2, 0) is 0 Å². The highest BCUT2D eigenvalue weighted by Crippen LogP contribution is 2.39. The van der Waals surface area contributed by atoms with E-state index in [2.05, 4.69) is 17.6 Å². The van der Waals surface area contributed by atoms with Crippen molar-refractivity contribution < 1.29 is 4.74 Å². The lowest BCUT2D eigenvalue weighted by atomic mass is 9.85. The summed E-state index contributed by atoms with van der Waals surface area (Å²) in [5.74, 6) is 2.50. The first-order valence-corrected chi connectivity index (χ1v) is 8.25. The van der Waals surface area contributed by atoms with Gasteiger partial charge in [-0.2, -0.15) is 0 Å². The van der Waals surface area contributed by atoms with Gasteiger partial charge in [0.05, 0.1) is 23.5 Å². The molecule has 21 heavy (non-hydrogen) atoms. The van der Waals surface area contributed by atoms with Crippen molar-refractivity contribution in [2.75, 3.05) is 7.11 Å². The van der Waals surface area contributed by atoms with Gasteiger partial charge in [0.1, 0.15) is 11.6 Å². The monoisotopic (exact) mass is 306 g/mol. The Morgan fingerprint density at radius 1 is 1.33 bits per heavy atom. The molecule has 114 valence electrons. The van der Waals surface area contributed by atoms with Crippen molar-refractivity contribution in [3.63, 3.8) is 0 Å². The molecule has 0 saturated heterocycles. The third kappa shape index (κ3) is 2.64. The molecule has 1 aliphatic carbocycles. The molecule has 0 aliphatic heterocycles. The highest BCUT2D eigenvalue weighted by Gasteiger charge is 2.28. The van der Waals surface area contributed by atoms with Crippen molar-refractivity contribution in [3.8, 4) is 5.75 Å². The zero-order valence-corrected chi connectivity index (χ0v) is 13.7. The van der Waals surface area contributed by atoms with Crippen LogP contribution in [-0.4, -0.2) is 16.7 Å². The molecule has 0 spiro atoms. The quantitative estimate of drug-likeness (QED) is 0.738. The number of aromatic nitrogens is 2. The van der Waals surface area contributed by atoms with E-state index in [4.69, 9.17) is 21.3 Å². The van der Waals surface area contributed by atoms with Crippen LogP contribution in [0.4, 0.5) is 0 Å². The summed E-state index contributed by atoms with van der Waals surface area (Å²) >= 11 is 6.41. The number of methoxy groups -OCH3 is 1. The van der Waals surface area contributed by atoms with E-state index in [1.54, 1.807) is 7.11 Å². The van der Waals surface area contributed by atoms with Crippen LogP contribution >= 0.6 is 11.6 Å². The normalized spacial score (nSPS) is 24.2. The van der Waals surface area contributed by atoms with E-state index in [1.165, 1.54) is 31.2 Å². The van der Waals surface area contributed by atoms with Gasteiger partial charge in [-0.05, 0) is 37.8 Å². The van der Waals surface area contributed by atoms with Gasteiger partial charge in [0.25, 0.3) is 0 Å². The van der Waals surface area contributed by atoms with Crippen LogP contribution in [0, 0.1) is 5.92 Å². The lowest BCUT2D eigenvalue weighted by Gasteiger charge is -2.32. The Bertz CT molecular complexity index is 635. The van der Waals surface area contributed by atoms with E-state index in [0.29, 0.717) is 12.0 Å². The largest absolute Gasteiger partial charge is 0.497 e. The summed E-state index contributed by atoms with van der Waals surface area (Å²) < 4.78 is 7.70. The molecule has 0 N–H and O–H groups in total. The van der Waals surface area contributed by atoms with Crippen LogP contribution in [0.3, 0.4) is 0 Å². The summed E-state index contributed by atoms with van der Waals surface area (Å²) in [5, 5.41) is -0.0856. The number of fused-ring (bicyclic) bond motifs is 1. The van der Waals surface area contributed by atoms with Gasteiger partial charge in [-0.3, -0.25) is 0 Å². The Kier molecular flexibility index (Phi) is 4.12. The van der Waals surface area contributed by atoms with Gasteiger partial charge in [0.2, 0.25) is 0 Å². The predicted octanol–water partition coefficient (Wildman–Crippen LogP) is 5.10. The standard InChI is InChI=1S/C17H23ClN2O/c1-11-6-4-5-7-15(11)20-16-9-8-13(21-3)10-14(16)19-17(20)12(2)18/h8-12,15H,4-7H2,1-3H3. The van der Waals surface area contributed by atoms with Crippen LogP contribution < -0.4 is 4.74 Å². The van der Waals surface area contributed by atoms with Crippen LogP contribution in [0.15, 0.2) is 18.2 Å². The van der Waals surface area contributed by atoms with E-state index in [-0.39, 0.29) is 5.38 Å². The number of hydrogen-bond acceptors (Lipinski definition) is 2. The summed E-state index contributed by atoms with van der Waals surface area (Å²) in [4.78, 5) is 4.78. The number of hydrogen-bond donors (Lipinski definition) is 0. The molecule has 0 amide bonds. The van der Waals surface area contributed by atoms with Gasteiger partial charge in [-0.1, -0.05) is 19.8 Å². The van der Waals surface area contributed by atoms with E-state index < -0.39 is 0 Å². The number of halogens is 1. The molecular weight excluding hydrogens is 284 g/mol. The Hall–Kier alpha value is -1.22. The molecule has 0 bridgehead atoms. The van der Waals surface area contributed by atoms with E-state index in [0.717, 1.165) is 17.1 Å². The minimum atomic E-state index is -0.0856. The van der Waals surface area contributed by atoms with E-state index in [1.807, 2.05) is 19.1 Å². The average molecular weight is 307 g/mol. The number of benzene rings is 1. The molecule has 1 saturated carbocycles. The Balaban J connectivity index is 2.16. The van der Waals surface area contributed by atoms with Gasteiger partial charge < -0.3 is 9.30 Å². The molecule has 1 heterocycles. The maximum atomic E-state index is 6.41. The highest BCUT2D eigenvalue weighted by molar-refractivity contribution is 6.20. The summed E-state index contributed by atoms with van der Waals surface area (Å²) in [5.41, 5.74) is 2.16. The first kappa shape index (κ1) is 14.7. The third-order valence-corrected chi connectivity index (χ3v) is 4.87. The fraction of sp³-hybridized carbons (Fsp3) is 0.588. The molecule has 3 unspecified atom stereocenters. The lowest BCUT2D eigenvalue weighted by Crippen LogP contribution is -2.23. The second-order valence-corrected chi connectivity index (χ2v) is 6.79. The minimum Gasteiger partial charge on any atom is -0.497 e. The smallest absolute Gasteiger partial charge is 0.127 e. The van der Waals surface area contributed by atoms with Gasteiger partial charge in [0, 0.05) is 12.1 Å². The molecular formula is C17H23ClN2O. The Labute approximate surface area is 131 Å². The number of nitrogens with zero attached hydrogens (tertiary/aromatic N) is 2. The third-order valence-electron chi connectivity index (χ3n) is 4.68. The SMILES string of the molecule is COc1ccc2c(c1)nc(C(C)Cl)n2C1CCCCC1C. The van der Waals surface area contributed by atoms with Crippen LogP contribution in [0.2, 0.25) is 0 Å². The molecule has 3 atom stereocenters. The van der Waals surface area contributed by atoms with Crippen molar-refractivity contribution in [1.82, 2.24) is 9.55 Å². The summed E-state index contributed by atoms with van der Waals surface area (Å²) in [6.07, 6.45) is 5.14. The maximum absolute atomic E-state index is 6.41. The topological polar surface area (TPSA) is 27.1 Å². The molecule has 3 nitrogen and oxygen atoms in total. The Morgan fingerprint density at radius 2 is 2.10 bits per heavy atom. The van der Waals surface area contributed by atoms with Gasteiger partial charge >= 0.3 is 0 Å². The number of alkyl halides is 1. The molecule has 1 aliphatic rings. The fourth-order valence-corrected chi connectivity index (χ4v) is 3.69. The van der Waals surface area contributed by atoms with Gasteiger partial charge in [-0.25, -0.2) is 4.98 Å². The predicted molar refractivity (Wildman–Crippen MR) is 87.2 cm³/mol. The molecule has 2 aromatic rings. The van der Waals surface area contributed by atoms with Gasteiger partial charge in [0.15, 0.2) is 0 Å². The van der Waals surface area contributed by atoms with Crippen molar-refractivity contribution >= 4 is 22.6 Å². The molecule has 3 rings (SSSR count). The first-order valence-electron chi connectivity index (χ1n) is 7.81. The van der Waals surface area contributed by atoms with E-state index in [9.17, 15) is 0 Å². The molecule has 1 aromatic carbocycles. The summed E-state index contributed by atoms with van der Waals surface area (Å²) in [6.45, 7) is 4.35. The van der Waals surface area contributed by atoms with Crippen molar-refractivity contribution in [2.24, 2.45) is 5.92 Å². The molecule has 1 aromatic heterocycles. The second-order valence-electron chi connectivity index (χ2n) is 6.14. The second kappa shape index (κ2) is 5.88. The first-order chi connectivity index (χ1) is 10.1. The lowest BCUT2D eigenvalue weighted by molar-refractivity contribution is 0.257. The van der Waals surface area contributed by atoms with Crippen molar-refractivity contribution in [1.29, 1.82) is 0 Å². The van der Waals surface area contributed by atoms with Crippen LogP contribution in [0.1, 0.15) is 56.8 Å². The van der Waals surface area contributed by atoms with Crippen molar-refractivity contribution in [3.05, 3.63) is 24.0 Å². The summed E-state index contributed by atoms with van der Waals surface area (Å²) in [6, 6.07) is 6.64. The van der Waals surface area contributed by atoms with Gasteiger partial charge in [-0.15, -0.1) is 11.6 Å². The van der Waals surface area contributed by atoms with Crippen molar-refractivity contribution in [2.45, 2.75) is 50.9 Å². The molecule has 1 fully saturated rings. The summed E-state index contributed by atoms with van der Waals surface area (Å²) in [7, 11) is 1.69. The molecule has 4 heteroatoms. The minimum absolute atomic E-state index is 0.0856.